The van der Waals surface area contributed by atoms with Gasteiger partial charge in [-0.25, -0.2) is 0 Å². The lowest BCUT2D eigenvalue weighted by Crippen LogP contribution is -2.29. The van der Waals surface area contributed by atoms with Crippen molar-refractivity contribution in [2.45, 2.75) is 20.3 Å². The van der Waals surface area contributed by atoms with Crippen LogP contribution in [-0.2, 0) is 4.79 Å². The molecule has 0 aromatic heterocycles. The van der Waals surface area contributed by atoms with Crippen molar-refractivity contribution in [2.24, 2.45) is 17.1 Å². The van der Waals surface area contributed by atoms with Gasteiger partial charge in [-0.3, -0.25) is 4.79 Å². The van der Waals surface area contributed by atoms with E-state index in [4.69, 9.17) is 18.0 Å². The monoisotopic (exact) mass is 262 g/mol. The molecule has 0 heterocycles. The highest BCUT2D eigenvalue weighted by Crippen LogP contribution is 2.52. The average molecular weight is 262 g/mol. The van der Waals surface area contributed by atoms with Crippen LogP contribution < -0.4 is 10.6 Å². The lowest BCUT2D eigenvalue weighted by molar-refractivity contribution is -0.120. The fraction of sp³-hybridized carbons (Fsp3) is 0.429. The van der Waals surface area contributed by atoms with Crippen molar-refractivity contribution in [3.05, 3.63) is 29.8 Å². The number of hydrogen-bond donors (Lipinski definition) is 1. The van der Waals surface area contributed by atoms with Gasteiger partial charge in [0, 0.05) is 24.2 Å². The zero-order valence-electron chi connectivity index (χ0n) is 10.9. The summed E-state index contributed by atoms with van der Waals surface area (Å²) < 4.78 is 0. The van der Waals surface area contributed by atoms with E-state index < -0.39 is 0 Å². The Bertz CT molecular complexity index is 493. The summed E-state index contributed by atoms with van der Waals surface area (Å²) in [5.74, 6) is 0.334. The fourth-order valence-electron chi connectivity index (χ4n) is 2.10. The van der Waals surface area contributed by atoms with Crippen molar-refractivity contribution < 1.29 is 4.79 Å². The first-order chi connectivity index (χ1) is 8.33. The van der Waals surface area contributed by atoms with E-state index in [0.717, 1.165) is 17.7 Å². The quantitative estimate of drug-likeness (QED) is 0.850. The van der Waals surface area contributed by atoms with Crippen molar-refractivity contribution in [1.29, 1.82) is 0 Å². The Labute approximate surface area is 113 Å². The largest absolute Gasteiger partial charge is 0.389 e. The summed E-state index contributed by atoms with van der Waals surface area (Å²) in [6, 6.07) is 7.45. The van der Waals surface area contributed by atoms with Gasteiger partial charge in [0.05, 0.1) is 0 Å². The highest BCUT2D eigenvalue weighted by Gasteiger charge is 2.51. The molecule has 4 heteroatoms. The molecule has 3 nitrogen and oxygen atoms in total. The van der Waals surface area contributed by atoms with Gasteiger partial charge in [-0.2, -0.15) is 0 Å². The summed E-state index contributed by atoms with van der Waals surface area (Å²) in [5.41, 5.74) is 7.40. The number of carbonyl (C=O) groups excluding carboxylic acids is 1. The number of amides is 1. The molecule has 1 saturated carbocycles. The van der Waals surface area contributed by atoms with Gasteiger partial charge in [-0.15, -0.1) is 0 Å². The smallest absolute Gasteiger partial charge is 0.230 e. The molecule has 2 N–H and O–H groups in total. The summed E-state index contributed by atoms with van der Waals surface area (Å²) in [7, 11) is 1.81. The minimum atomic E-state index is 0.151. The van der Waals surface area contributed by atoms with Gasteiger partial charge in [-0.05, 0) is 36.1 Å². The third-order valence-corrected chi connectivity index (χ3v) is 3.92. The number of nitrogens with two attached hydrogens (primary N) is 1. The van der Waals surface area contributed by atoms with Crippen LogP contribution in [0.5, 0.6) is 0 Å². The highest BCUT2D eigenvalue weighted by atomic mass is 32.1. The number of nitrogens with zero attached hydrogens (tertiary/aromatic N) is 1. The molecule has 18 heavy (non-hydrogen) atoms. The maximum Gasteiger partial charge on any atom is 0.230 e. The predicted molar refractivity (Wildman–Crippen MR) is 77.6 cm³/mol. The van der Waals surface area contributed by atoms with Gasteiger partial charge >= 0.3 is 0 Å². The molecular formula is C14H18N2OS. The average Bonchev–Trinajstić information content (AvgIpc) is 2.96. The van der Waals surface area contributed by atoms with Crippen molar-refractivity contribution in [3.63, 3.8) is 0 Å². The van der Waals surface area contributed by atoms with Gasteiger partial charge in [-0.1, -0.05) is 26.1 Å². The van der Waals surface area contributed by atoms with E-state index in [1.54, 1.807) is 4.90 Å². The number of carbonyl (C=O) groups is 1. The van der Waals surface area contributed by atoms with E-state index in [9.17, 15) is 4.79 Å². The van der Waals surface area contributed by atoms with Crippen molar-refractivity contribution >= 4 is 28.8 Å². The molecule has 0 saturated heterocycles. The van der Waals surface area contributed by atoms with Crippen LogP contribution >= 0.6 is 12.2 Å². The maximum absolute atomic E-state index is 12.2. The second kappa shape index (κ2) is 4.35. The molecular weight excluding hydrogens is 244 g/mol. The molecule has 1 fully saturated rings. The molecule has 1 unspecified atom stereocenters. The third kappa shape index (κ3) is 2.38. The van der Waals surface area contributed by atoms with Gasteiger partial charge < -0.3 is 10.6 Å². The Hall–Kier alpha value is -1.42. The molecule has 0 bridgehead atoms. The molecule has 1 aromatic rings. The molecule has 2 rings (SSSR count). The van der Waals surface area contributed by atoms with E-state index in [-0.39, 0.29) is 17.2 Å². The second-order valence-electron chi connectivity index (χ2n) is 5.55. The number of benzene rings is 1. The van der Waals surface area contributed by atoms with Crippen molar-refractivity contribution in [3.8, 4) is 0 Å². The van der Waals surface area contributed by atoms with Crippen LogP contribution in [0.4, 0.5) is 5.69 Å². The Balaban J connectivity index is 2.12. The predicted octanol–water partition coefficient (Wildman–Crippen LogP) is 2.33. The van der Waals surface area contributed by atoms with Crippen LogP contribution in [0.1, 0.15) is 25.8 Å². The lowest BCUT2D eigenvalue weighted by atomic mass is 10.1. The zero-order chi connectivity index (χ0) is 13.5. The first kappa shape index (κ1) is 13.0. The summed E-state index contributed by atoms with van der Waals surface area (Å²) in [6.07, 6.45) is 0.973. The van der Waals surface area contributed by atoms with Crippen LogP contribution in [0.25, 0.3) is 0 Å². The molecule has 1 atom stereocenters. The standard InChI is InChI=1S/C14H18N2OS/c1-14(2)8-11(14)13(17)16(3)10-6-4-9(5-7-10)12(15)18/h4-7,11H,8H2,1-3H3,(H2,15,18). The third-order valence-electron chi connectivity index (χ3n) is 3.68. The topological polar surface area (TPSA) is 46.3 Å². The van der Waals surface area contributed by atoms with Gasteiger partial charge in [0.15, 0.2) is 0 Å². The van der Waals surface area contributed by atoms with Gasteiger partial charge in [0.2, 0.25) is 5.91 Å². The van der Waals surface area contributed by atoms with Crippen LogP contribution in [-0.4, -0.2) is 17.9 Å². The molecule has 1 aromatic carbocycles. The Morgan fingerprint density at radius 3 is 2.28 bits per heavy atom. The SMILES string of the molecule is CN(C(=O)C1CC1(C)C)c1ccc(C(N)=S)cc1. The van der Waals surface area contributed by atoms with Crippen molar-refractivity contribution in [1.82, 2.24) is 0 Å². The molecule has 1 aliphatic rings. The summed E-state index contributed by atoms with van der Waals surface area (Å²) in [6.45, 7) is 4.25. The summed E-state index contributed by atoms with van der Waals surface area (Å²) in [4.78, 5) is 14.3. The molecule has 0 aliphatic heterocycles. The van der Waals surface area contributed by atoms with Crippen LogP contribution in [0.2, 0.25) is 0 Å². The number of rotatable bonds is 3. The number of thiocarbonyl (C=S) groups is 1. The van der Waals surface area contributed by atoms with E-state index in [1.807, 2.05) is 31.3 Å². The van der Waals surface area contributed by atoms with E-state index in [2.05, 4.69) is 13.8 Å². The first-order valence-electron chi connectivity index (χ1n) is 6.00. The minimum Gasteiger partial charge on any atom is -0.389 e. The molecule has 0 spiro atoms. The second-order valence-corrected chi connectivity index (χ2v) is 5.99. The zero-order valence-corrected chi connectivity index (χ0v) is 11.8. The fourth-order valence-corrected chi connectivity index (χ4v) is 2.24. The van der Waals surface area contributed by atoms with Crippen LogP contribution in [0.15, 0.2) is 24.3 Å². The highest BCUT2D eigenvalue weighted by molar-refractivity contribution is 7.80. The van der Waals surface area contributed by atoms with E-state index in [1.165, 1.54) is 0 Å². The lowest BCUT2D eigenvalue weighted by Gasteiger charge is -2.18. The normalized spacial score (nSPS) is 20.3. The van der Waals surface area contributed by atoms with Gasteiger partial charge in [0.1, 0.15) is 4.99 Å². The minimum absolute atomic E-state index is 0.151. The van der Waals surface area contributed by atoms with E-state index >= 15 is 0 Å². The Kier molecular flexibility index (Phi) is 3.15. The Morgan fingerprint density at radius 2 is 1.89 bits per heavy atom. The Morgan fingerprint density at radius 1 is 1.39 bits per heavy atom. The van der Waals surface area contributed by atoms with Gasteiger partial charge in [0.25, 0.3) is 0 Å². The first-order valence-corrected chi connectivity index (χ1v) is 6.41. The van der Waals surface area contributed by atoms with E-state index in [0.29, 0.717) is 4.99 Å². The molecule has 0 radical (unpaired) electrons. The molecule has 96 valence electrons. The van der Waals surface area contributed by atoms with Crippen molar-refractivity contribution in [2.75, 3.05) is 11.9 Å². The van der Waals surface area contributed by atoms with Crippen LogP contribution in [0, 0.1) is 11.3 Å². The number of anilines is 1. The summed E-state index contributed by atoms with van der Waals surface area (Å²) in [5, 5.41) is 0. The maximum atomic E-state index is 12.2. The van der Waals surface area contributed by atoms with Crippen LogP contribution in [0.3, 0.4) is 0 Å². The molecule has 1 amide bonds. The molecule has 1 aliphatic carbocycles. The summed E-state index contributed by atoms with van der Waals surface area (Å²) >= 11 is 4.90. The number of hydrogen-bond acceptors (Lipinski definition) is 2.